The highest BCUT2D eigenvalue weighted by atomic mass is 32.2. The van der Waals surface area contributed by atoms with Gasteiger partial charge in [0.2, 0.25) is 0 Å². The fraction of sp³-hybridized carbons (Fsp3) is 0.300. The number of fused-ring (bicyclic) bond motifs is 1. The quantitative estimate of drug-likeness (QED) is 0.488. The predicted octanol–water partition coefficient (Wildman–Crippen LogP) is 4.34. The molecule has 0 aliphatic heterocycles. The van der Waals surface area contributed by atoms with E-state index in [1.54, 1.807) is 23.4 Å². The highest BCUT2D eigenvalue weighted by Crippen LogP contribution is 2.25. The topological polar surface area (TPSA) is 44.1 Å². The highest BCUT2D eigenvalue weighted by molar-refractivity contribution is 7.99. The van der Waals surface area contributed by atoms with E-state index in [2.05, 4.69) is 13.8 Å². The summed E-state index contributed by atoms with van der Waals surface area (Å²) in [5.74, 6) is 0.807. The molecule has 2 aromatic carbocycles. The molecule has 130 valence electrons. The van der Waals surface area contributed by atoms with Gasteiger partial charge in [-0.2, -0.15) is 0 Å². The molecule has 4 nitrogen and oxygen atoms in total. The van der Waals surface area contributed by atoms with Gasteiger partial charge in [-0.3, -0.25) is 9.36 Å². The van der Waals surface area contributed by atoms with Gasteiger partial charge in [0.05, 0.1) is 24.6 Å². The number of para-hydroxylation sites is 1. The van der Waals surface area contributed by atoms with Crippen LogP contribution < -0.4 is 10.3 Å². The third-order valence-electron chi connectivity index (χ3n) is 4.21. The lowest BCUT2D eigenvalue weighted by Gasteiger charge is -2.15. The maximum Gasteiger partial charge on any atom is 0.262 e. The summed E-state index contributed by atoms with van der Waals surface area (Å²) in [6, 6.07) is 15.3. The number of aromatic nitrogens is 2. The highest BCUT2D eigenvalue weighted by Gasteiger charge is 2.14. The number of methoxy groups -OCH3 is 1. The van der Waals surface area contributed by atoms with Crippen LogP contribution in [0.5, 0.6) is 5.75 Å². The summed E-state index contributed by atoms with van der Waals surface area (Å²) >= 11 is 1.65. The summed E-state index contributed by atoms with van der Waals surface area (Å²) in [6.45, 7) is 4.80. The molecular weight excluding hydrogens is 332 g/mol. The summed E-state index contributed by atoms with van der Waals surface area (Å²) in [4.78, 5) is 17.8. The lowest BCUT2D eigenvalue weighted by atomic mass is 10.2. The van der Waals surface area contributed by atoms with Crippen molar-refractivity contribution in [3.05, 3.63) is 64.4 Å². The molecule has 0 aliphatic rings. The minimum atomic E-state index is 0.00669. The van der Waals surface area contributed by atoms with Gasteiger partial charge in [0.15, 0.2) is 5.16 Å². The molecule has 1 unspecified atom stereocenters. The van der Waals surface area contributed by atoms with Crippen LogP contribution in [0.25, 0.3) is 10.9 Å². The Morgan fingerprint density at radius 2 is 1.88 bits per heavy atom. The first kappa shape index (κ1) is 17.5. The summed E-state index contributed by atoms with van der Waals surface area (Å²) in [7, 11) is 1.65. The van der Waals surface area contributed by atoms with E-state index in [1.807, 2.05) is 48.5 Å². The van der Waals surface area contributed by atoms with Gasteiger partial charge in [-0.25, -0.2) is 4.98 Å². The van der Waals surface area contributed by atoms with Crippen molar-refractivity contribution in [3.8, 4) is 5.75 Å². The molecule has 0 saturated carbocycles. The predicted molar refractivity (Wildman–Crippen MR) is 104 cm³/mol. The van der Waals surface area contributed by atoms with Gasteiger partial charge < -0.3 is 4.74 Å². The van der Waals surface area contributed by atoms with Crippen LogP contribution in [0, 0.1) is 0 Å². The molecule has 1 atom stereocenters. The van der Waals surface area contributed by atoms with Crippen LogP contribution in [0.3, 0.4) is 0 Å². The number of ether oxygens (including phenoxy) is 1. The van der Waals surface area contributed by atoms with Crippen molar-refractivity contribution < 1.29 is 4.74 Å². The molecule has 3 rings (SSSR count). The Balaban J connectivity index is 2.07. The van der Waals surface area contributed by atoms with Crippen LogP contribution in [0.2, 0.25) is 0 Å². The number of hydrogen-bond donors (Lipinski definition) is 0. The normalized spacial score (nSPS) is 12.3. The molecule has 0 fully saturated rings. The Morgan fingerprint density at radius 3 is 2.56 bits per heavy atom. The smallest absolute Gasteiger partial charge is 0.262 e. The number of nitrogens with zero attached hydrogens (tertiary/aromatic N) is 2. The van der Waals surface area contributed by atoms with Crippen molar-refractivity contribution in [3.63, 3.8) is 0 Å². The minimum absolute atomic E-state index is 0.00669. The second kappa shape index (κ2) is 7.74. The average molecular weight is 354 g/mol. The Labute approximate surface area is 151 Å². The lowest BCUT2D eigenvalue weighted by Crippen LogP contribution is -2.24. The monoisotopic (exact) mass is 354 g/mol. The van der Waals surface area contributed by atoms with E-state index in [4.69, 9.17) is 9.72 Å². The van der Waals surface area contributed by atoms with E-state index in [1.165, 1.54) is 0 Å². The average Bonchev–Trinajstić information content (AvgIpc) is 2.65. The standard InChI is InChI=1S/C20H22N2O2S/c1-4-14(2)25-20-21-18-8-6-5-7-17(18)19(23)22(20)13-15-9-11-16(24-3)12-10-15/h5-12,14H,4,13H2,1-3H3. The summed E-state index contributed by atoms with van der Waals surface area (Å²) in [5.41, 5.74) is 1.81. The van der Waals surface area contributed by atoms with E-state index in [0.717, 1.165) is 28.4 Å². The van der Waals surface area contributed by atoms with Crippen molar-refractivity contribution in [2.24, 2.45) is 0 Å². The fourth-order valence-corrected chi connectivity index (χ4v) is 3.51. The van der Waals surface area contributed by atoms with Crippen molar-refractivity contribution in [2.45, 2.75) is 37.2 Å². The molecule has 0 saturated heterocycles. The molecular formula is C20H22N2O2S. The summed E-state index contributed by atoms with van der Waals surface area (Å²) in [6.07, 6.45) is 1.02. The van der Waals surface area contributed by atoms with Crippen LogP contribution in [-0.2, 0) is 6.54 Å². The molecule has 3 aromatic rings. The fourth-order valence-electron chi connectivity index (χ4n) is 2.55. The Hall–Kier alpha value is -2.27. The molecule has 0 bridgehead atoms. The molecule has 0 spiro atoms. The Morgan fingerprint density at radius 1 is 1.16 bits per heavy atom. The molecule has 1 aromatic heterocycles. The zero-order valence-corrected chi connectivity index (χ0v) is 15.5. The maximum atomic E-state index is 13.0. The second-order valence-electron chi connectivity index (χ2n) is 5.99. The van der Waals surface area contributed by atoms with Crippen molar-refractivity contribution >= 4 is 22.7 Å². The van der Waals surface area contributed by atoms with E-state index in [0.29, 0.717) is 17.2 Å². The van der Waals surface area contributed by atoms with Gasteiger partial charge >= 0.3 is 0 Å². The molecule has 1 heterocycles. The van der Waals surface area contributed by atoms with E-state index < -0.39 is 0 Å². The zero-order valence-electron chi connectivity index (χ0n) is 14.7. The van der Waals surface area contributed by atoms with Gasteiger partial charge in [0, 0.05) is 5.25 Å². The number of rotatable bonds is 6. The van der Waals surface area contributed by atoms with Crippen LogP contribution >= 0.6 is 11.8 Å². The van der Waals surface area contributed by atoms with E-state index in [9.17, 15) is 4.79 Å². The first-order chi connectivity index (χ1) is 12.1. The second-order valence-corrected chi connectivity index (χ2v) is 7.39. The molecule has 0 aliphatic carbocycles. The first-order valence-corrected chi connectivity index (χ1v) is 9.29. The van der Waals surface area contributed by atoms with E-state index >= 15 is 0 Å². The van der Waals surface area contributed by atoms with Crippen molar-refractivity contribution in [1.29, 1.82) is 0 Å². The lowest BCUT2D eigenvalue weighted by molar-refractivity contribution is 0.414. The molecule has 5 heteroatoms. The minimum Gasteiger partial charge on any atom is -0.497 e. The van der Waals surface area contributed by atoms with Gasteiger partial charge in [-0.1, -0.05) is 49.9 Å². The third-order valence-corrected chi connectivity index (χ3v) is 5.47. The third kappa shape index (κ3) is 3.87. The Bertz CT molecular complexity index is 919. The van der Waals surface area contributed by atoms with Crippen molar-refractivity contribution in [1.82, 2.24) is 9.55 Å². The number of thioether (sulfide) groups is 1. The van der Waals surface area contributed by atoms with Crippen LogP contribution in [0.15, 0.2) is 58.5 Å². The molecule has 25 heavy (non-hydrogen) atoms. The largest absolute Gasteiger partial charge is 0.497 e. The van der Waals surface area contributed by atoms with Crippen LogP contribution in [-0.4, -0.2) is 21.9 Å². The summed E-state index contributed by atoms with van der Waals surface area (Å²) < 4.78 is 6.99. The van der Waals surface area contributed by atoms with Crippen molar-refractivity contribution in [2.75, 3.05) is 7.11 Å². The van der Waals surface area contributed by atoms with Gasteiger partial charge in [-0.15, -0.1) is 0 Å². The van der Waals surface area contributed by atoms with Crippen LogP contribution in [0.1, 0.15) is 25.8 Å². The summed E-state index contributed by atoms with van der Waals surface area (Å²) in [5, 5.41) is 1.83. The first-order valence-electron chi connectivity index (χ1n) is 8.41. The van der Waals surface area contributed by atoms with E-state index in [-0.39, 0.29) is 5.56 Å². The number of benzene rings is 2. The van der Waals surface area contributed by atoms with Gasteiger partial charge in [0.1, 0.15) is 5.75 Å². The Kier molecular flexibility index (Phi) is 5.43. The maximum absolute atomic E-state index is 13.0. The van der Waals surface area contributed by atoms with Gasteiger partial charge in [0.25, 0.3) is 5.56 Å². The SMILES string of the molecule is CCC(C)Sc1nc2ccccc2c(=O)n1Cc1ccc(OC)cc1. The number of hydrogen-bond acceptors (Lipinski definition) is 4. The molecule has 0 radical (unpaired) electrons. The molecule has 0 N–H and O–H groups in total. The van der Waals surface area contributed by atoms with Crippen LogP contribution in [0.4, 0.5) is 0 Å². The molecule has 0 amide bonds. The zero-order chi connectivity index (χ0) is 17.8. The van der Waals surface area contributed by atoms with Gasteiger partial charge in [-0.05, 0) is 36.2 Å².